The van der Waals surface area contributed by atoms with Crippen LogP contribution in [-0.4, -0.2) is 76.9 Å². The van der Waals surface area contributed by atoms with Crippen LogP contribution in [0.2, 0.25) is 0 Å². The van der Waals surface area contributed by atoms with Gasteiger partial charge in [0.25, 0.3) is 0 Å². The highest BCUT2D eigenvalue weighted by atomic mass is 16.6. The number of rotatable bonds is 15. The van der Waals surface area contributed by atoms with E-state index in [2.05, 4.69) is 39.8 Å². The van der Waals surface area contributed by atoms with E-state index in [1.54, 1.807) is 0 Å². The summed E-state index contributed by atoms with van der Waals surface area (Å²) in [7, 11) is 4.21. The second-order valence-electron chi connectivity index (χ2n) is 7.70. The molecule has 1 aliphatic rings. The van der Waals surface area contributed by atoms with Crippen molar-refractivity contribution >= 4 is 0 Å². The van der Waals surface area contributed by atoms with Gasteiger partial charge >= 0.3 is 0 Å². The number of unbranched alkanes of at least 4 members (excludes halogenated alkanes) is 3. The van der Waals surface area contributed by atoms with Gasteiger partial charge in [0.1, 0.15) is 12.2 Å². The standard InChI is InChI=1S/C21H43NO4/c1-6-9-12-23-17-19-21(25-14-11-8-3)20(24-13-10-7-2)18(16-26-19)15-22(4)5/h18-21H,6-17H2,1-5H3/t18-,19-,20-,21+/m1/s1. The van der Waals surface area contributed by atoms with Crippen molar-refractivity contribution in [3.63, 3.8) is 0 Å². The summed E-state index contributed by atoms with van der Waals surface area (Å²) in [6, 6.07) is 0. The summed E-state index contributed by atoms with van der Waals surface area (Å²) in [5.41, 5.74) is 0. The molecule has 1 aliphatic heterocycles. The van der Waals surface area contributed by atoms with Gasteiger partial charge in [0.05, 0.1) is 19.3 Å². The van der Waals surface area contributed by atoms with Crippen molar-refractivity contribution in [1.82, 2.24) is 4.90 Å². The quantitative estimate of drug-likeness (QED) is 0.409. The van der Waals surface area contributed by atoms with Crippen LogP contribution >= 0.6 is 0 Å². The summed E-state index contributed by atoms with van der Waals surface area (Å²) < 4.78 is 24.7. The summed E-state index contributed by atoms with van der Waals surface area (Å²) >= 11 is 0. The van der Waals surface area contributed by atoms with E-state index in [1.807, 2.05) is 0 Å². The molecule has 0 spiro atoms. The third-order valence-electron chi connectivity index (χ3n) is 4.82. The Bertz CT molecular complexity index is 327. The smallest absolute Gasteiger partial charge is 0.112 e. The third kappa shape index (κ3) is 9.14. The molecule has 0 N–H and O–H groups in total. The van der Waals surface area contributed by atoms with Gasteiger partial charge in [-0.2, -0.15) is 0 Å². The molecule has 5 heteroatoms. The molecular formula is C21H43NO4. The normalized spacial score (nSPS) is 26.5. The summed E-state index contributed by atoms with van der Waals surface area (Å²) in [5, 5.41) is 0. The minimum Gasteiger partial charge on any atom is -0.379 e. The fourth-order valence-corrected chi connectivity index (χ4v) is 3.29. The van der Waals surface area contributed by atoms with E-state index in [1.165, 1.54) is 0 Å². The van der Waals surface area contributed by atoms with E-state index in [0.29, 0.717) is 19.1 Å². The lowest BCUT2D eigenvalue weighted by Crippen LogP contribution is -2.56. The average Bonchev–Trinajstić information content (AvgIpc) is 2.61. The Morgan fingerprint density at radius 2 is 1.42 bits per heavy atom. The van der Waals surface area contributed by atoms with Crippen molar-refractivity contribution in [3.8, 4) is 0 Å². The highest BCUT2D eigenvalue weighted by Gasteiger charge is 2.42. The van der Waals surface area contributed by atoms with Gasteiger partial charge in [0.15, 0.2) is 0 Å². The summed E-state index contributed by atoms with van der Waals surface area (Å²) in [5.74, 6) is 0.334. The van der Waals surface area contributed by atoms with Crippen molar-refractivity contribution in [2.75, 3.05) is 53.7 Å². The van der Waals surface area contributed by atoms with Crippen molar-refractivity contribution < 1.29 is 18.9 Å². The van der Waals surface area contributed by atoms with Crippen LogP contribution in [0.4, 0.5) is 0 Å². The Kier molecular flexibility index (Phi) is 13.6. The molecule has 1 heterocycles. The monoisotopic (exact) mass is 373 g/mol. The summed E-state index contributed by atoms with van der Waals surface area (Å²) in [4.78, 5) is 2.21. The Morgan fingerprint density at radius 3 is 2.00 bits per heavy atom. The largest absolute Gasteiger partial charge is 0.379 e. The molecular weight excluding hydrogens is 330 g/mol. The van der Waals surface area contributed by atoms with E-state index < -0.39 is 0 Å². The van der Waals surface area contributed by atoms with E-state index in [-0.39, 0.29) is 18.3 Å². The number of hydrogen-bond acceptors (Lipinski definition) is 5. The maximum absolute atomic E-state index is 6.35. The maximum Gasteiger partial charge on any atom is 0.112 e. The lowest BCUT2D eigenvalue weighted by molar-refractivity contribution is -0.214. The SMILES string of the molecule is CCCCOC[C@H]1OC[C@@H](CN(C)C)[C@@H](OCCCC)[C@H]1OCCCC. The van der Waals surface area contributed by atoms with E-state index >= 15 is 0 Å². The number of ether oxygens (including phenoxy) is 4. The van der Waals surface area contributed by atoms with E-state index in [9.17, 15) is 0 Å². The highest BCUT2D eigenvalue weighted by molar-refractivity contribution is 4.90. The van der Waals surface area contributed by atoms with Gasteiger partial charge in [-0.3, -0.25) is 0 Å². The van der Waals surface area contributed by atoms with Crippen LogP contribution in [0.3, 0.4) is 0 Å². The van der Waals surface area contributed by atoms with Crippen LogP contribution in [-0.2, 0) is 18.9 Å². The molecule has 26 heavy (non-hydrogen) atoms. The van der Waals surface area contributed by atoms with E-state index in [0.717, 1.165) is 64.9 Å². The van der Waals surface area contributed by atoms with Crippen LogP contribution in [0.15, 0.2) is 0 Å². The molecule has 0 bridgehead atoms. The second-order valence-corrected chi connectivity index (χ2v) is 7.70. The zero-order valence-electron chi connectivity index (χ0n) is 17.9. The molecule has 5 nitrogen and oxygen atoms in total. The predicted octanol–water partition coefficient (Wildman–Crippen LogP) is 3.75. The zero-order valence-corrected chi connectivity index (χ0v) is 17.9. The molecule has 0 aromatic heterocycles. The zero-order chi connectivity index (χ0) is 19.2. The lowest BCUT2D eigenvalue weighted by atomic mass is 9.91. The van der Waals surface area contributed by atoms with Crippen LogP contribution in [0.1, 0.15) is 59.3 Å². The first-order valence-corrected chi connectivity index (χ1v) is 10.7. The second kappa shape index (κ2) is 14.8. The molecule has 4 atom stereocenters. The van der Waals surface area contributed by atoms with Crippen LogP contribution in [0.25, 0.3) is 0 Å². The van der Waals surface area contributed by atoms with Crippen molar-refractivity contribution in [3.05, 3.63) is 0 Å². The first kappa shape index (κ1) is 23.8. The number of hydrogen-bond donors (Lipinski definition) is 0. The van der Waals surface area contributed by atoms with Crippen molar-refractivity contribution in [2.45, 2.75) is 77.6 Å². The Labute approximate surface area is 161 Å². The fourth-order valence-electron chi connectivity index (χ4n) is 3.29. The molecule has 0 unspecified atom stereocenters. The third-order valence-corrected chi connectivity index (χ3v) is 4.82. The molecule has 1 fully saturated rings. The van der Waals surface area contributed by atoms with Gasteiger partial charge in [-0.05, 0) is 33.4 Å². The van der Waals surface area contributed by atoms with Gasteiger partial charge < -0.3 is 23.8 Å². The molecule has 0 aromatic rings. The molecule has 0 saturated carbocycles. The molecule has 1 rings (SSSR count). The average molecular weight is 374 g/mol. The molecule has 156 valence electrons. The Hall–Kier alpha value is -0.200. The Morgan fingerprint density at radius 1 is 0.846 bits per heavy atom. The van der Waals surface area contributed by atoms with Crippen LogP contribution < -0.4 is 0 Å². The Balaban J connectivity index is 2.75. The fraction of sp³-hybridized carbons (Fsp3) is 1.00. The summed E-state index contributed by atoms with van der Waals surface area (Å²) in [6.07, 6.45) is 6.68. The molecule has 0 radical (unpaired) electrons. The predicted molar refractivity (Wildman–Crippen MR) is 107 cm³/mol. The number of nitrogens with zero attached hydrogens (tertiary/aromatic N) is 1. The van der Waals surface area contributed by atoms with E-state index in [4.69, 9.17) is 18.9 Å². The molecule has 0 aromatic carbocycles. The van der Waals surface area contributed by atoms with Crippen molar-refractivity contribution in [1.29, 1.82) is 0 Å². The first-order chi connectivity index (χ1) is 12.6. The van der Waals surface area contributed by atoms with Gasteiger partial charge in [-0.25, -0.2) is 0 Å². The first-order valence-electron chi connectivity index (χ1n) is 10.7. The van der Waals surface area contributed by atoms with Crippen LogP contribution in [0.5, 0.6) is 0 Å². The van der Waals surface area contributed by atoms with Gasteiger partial charge in [0.2, 0.25) is 0 Å². The van der Waals surface area contributed by atoms with Gasteiger partial charge in [0, 0.05) is 32.3 Å². The summed E-state index contributed by atoms with van der Waals surface area (Å²) in [6.45, 7) is 11.2. The molecule has 1 saturated heterocycles. The molecule has 0 aliphatic carbocycles. The van der Waals surface area contributed by atoms with Crippen LogP contribution in [0, 0.1) is 5.92 Å². The topological polar surface area (TPSA) is 40.2 Å². The maximum atomic E-state index is 6.35. The minimum absolute atomic E-state index is 0.0336. The van der Waals surface area contributed by atoms with Gasteiger partial charge in [-0.15, -0.1) is 0 Å². The molecule has 0 amide bonds. The minimum atomic E-state index is -0.0428. The van der Waals surface area contributed by atoms with Crippen molar-refractivity contribution in [2.24, 2.45) is 5.92 Å². The van der Waals surface area contributed by atoms with Gasteiger partial charge in [-0.1, -0.05) is 40.0 Å². The highest BCUT2D eigenvalue weighted by Crippen LogP contribution is 2.27. The lowest BCUT2D eigenvalue weighted by Gasteiger charge is -2.43.